The molecule has 0 aliphatic heterocycles. The molecule has 0 radical (unpaired) electrons. The number of hydrogen-bond acceptors (Lipinski definition) is 4. The smallest absolute Gasteiger partial charge is 0.398 e. The quantitative estimate of drug-likeness (QED) is 0.213. The van der Waals surface area contributed by atoms with Crippen molar-refractivity contribution >= 4 is 23.3 Å². The maximum absolute atomic E-state index is 13.1. The number of halogens is 6. The fraction of sp³-hybridized carbons (Fsp3) is 0.379. The monoisotopic (exact) mass is 573 g/mol. The van der Waals surface area contributed by atoms with Crippen molar-refractivity contribution in [3.05, 3.63) is 76.5 Å². The summed E-state index contributed by atoms with van der Waals surface area (Å²) in [7, 11) is 0. The third-order valence-electron chi connectivity index (χ3n) is 5.19. The number of rotatable bonds is 6. The fourth-order valence-corrected chi connectivity index (χ4v) is 4.27. The maximum atomic E-state index is 13.1. The highest BCUT2D eigenvalue weighted by molar-refractivity contribution is 7.99. The zero-order valence-corrected chi connectivity index (χ0v) is 23.3. The number of Topliss-reactive ketones (excluding diaryl/α,β-unsaturated/α-hetero) is 2. The van der Waals surface area contributed by atoms with E-state index in [1.807, 2.05) is 20.8 Å². The molecule has 0 aromatic heterocycles. The summed E-state index contributed by atoms with van der Waals surface area (Å²) in [6.07, 6.45) is -8.64. The van der Waals surface area contributed by atoms with Crippen LogP contribution >= 0.6 is 11.8 Å². The number of carbonyl (C=O) groups excluding carboxylic acids is 2. The summed E-state index contributed by atoms with van der Waals surface area (Å²) >= 11 is 1.34. The molecule has 2 N–H and O–H groups in total. The van der Waals surface area contributed by atoms with Crippen molar-refractivity contribution < 1.29 is 35.9 Å². The molecular weight excluding hydrogens is 540 g/mol. The number of alkyl halides is 6. The average Bonchev–Trinajstić information content (AvgIpc) is 2.87. The highest BCUT2D eigenvalue weighted by atomic mass is 32.2. The Labute approximate surface area is 229 Å². The van der Waals surface area contributed by atoms with Crippen molar-refractivity contribution in [1.29, 1.82) is 0 Å². The molecule has 0 bridgehead atoms. The summed E-state index contributed by atoms with van der Waals surface area (Å²) in [5.74, 6) is -0.786. The van der Waals surface area contributed by atoms with Crippen LogP contribution in [0.5, 0.6) is 0 Å². The van der Waals surface area contributed by atoms with Gasteiger partial charge in [0.2, 0.25) is 0 Å². The van der Waals surface area contributed by atoms with E-state index in [0.717, 1.165) is 12.1 Å². The largest absolute Gasteiger partial charge is 0.416 e. The third kappa shape index (κ3) is 9.60. The number of benzene rings is 2. The Balaban J connectivity index is 0.00000142. The minimum absolute atomic E-state index is 0.189. The Morgan fingerprint density at radius 1 is 0.897 bits per heavy atom. The molecule has 3 nitrogen and oxygen atoms in total. The highest BCUT2D eigenvalue weighted by Crippen LogP contribution is 2.36. The first-order chi connectivity index (χ1) is 18.2. The van der Waals surface area contributed by atoms with E-state index in [0.29, 0.717) is 27.9 Å². The maximum Gasteiger partial charge on any atom is 0.416 e. The molecule has 1 aliphatic carbocycles. The Bertz CT molecular complexity index is 1200. The van der Waals surface area contributed by atoms with Gasteiger partial charge in [-0.05, 0) is 47.2 Å². The van der Waals surface area contributed by atoms with E-state index in [4.69, 9.17) is 5.73 Å². The van der Waals surface area contributed by atoms with Crippen molar-refractivity contribution in [2.45, 2.75) is 71.1 Å². The molecule has 0 fully saturated rings. The first kappa shape index (κ1) is 34.0. The first-order valence-electron chi connectivity index (χ1n) is 12.5. The van der Waals surface area contributed by atoms with Gasteiger partial charge in [-0.1, -0.05) is 59.2 Å². The second-order valence-electron chi connectivity index (χ2n) is 8.23. The molecule has 0 unspecified atom stereocenters. The topological polar surface area (TPSA) is 60.2 Å². The SMILES string of the molecule is CC.CCC.CCSc1ccc(-c2ccc(C(F)(F)F)cc2)cc1C(=O)CC1=C(N)C=C(C(F)(F)F)CC1=O. The number of ketones is 2. The van der Waals surface area contributed by atoms with Crippen molar-refractivity contribution in [3.63, 3.8) is 0 Å². The lowest BCUT2D eigenvalue weighted by molar-refractivity contribution is -0.137. The molecule has 0 spiro atoms. The van der Waals surface area contributed by atoms with Gasteiger partial charge >= 0.3 is 12.4 Å². The summed E-state index contributed by atoms with van der Waals surface area (Å²) in [5, 5.41) is 0. The van der Waals surface area contributed by atoms with Crippen LogP contribution in [0.15, 0.2) is 70.3 Å². The molecular formula is C29H33F6NO2S. The average molecular weight is 574 g/mol. The minimum Gasteiger partial charge on any atom is -0.398 e. The van der Waals surface area contributed by atoms with Gasteiger partial charge in [-0.15, -0.1) is 11.8 Å². The van der Waals surface area contributed by atoms with E-state index in [-0.39, 0.29) is 11.1 Å². The molecule has 0 amide bonds. The summed E-state index contributed by atoms with van der Waals surface area (Å²) in [5.41, 5.74) is 4.35. The van der Waals surface area contributed by atoms with Gasteiger partial charge in [0.15, 0.2) is 11.6 Å². The first-order valence-corrected chi connectivity index (χ1v) is 13.5. The molecule has 10 heteroatoms. The van der Waals surface area contributed by atoms with E-state index >= 15 is 0 Å². The lowest BCUT2D eigenvalue weighted by Crippen LogP contribution is -2.24. The summed E-state index contributed by atoms with van der Waals surface area (Å²) in [6.45, 7) is 10.1. The highest BCUT2D eigenvalue weighted by Gasteiger charge is 2.38. The Hall–Kier alpha value is -3.01. The lowest BCUT2D eigenvalue weighted by atomic mass is 9.89. The van der Waals surface area contributed by atoms with Gasteiger partial charge in [-0.3, -0.25) is 9.59 Å². The zero-order valence-electron chi connectivity index (χ0n) is 22.5. The van der Waals surface area contributed by atoms with Gasteiger partial charge in [-0.25, -0.2) is 0 Å². The number of allylic oxidation sites excluding steroid dienone is 3. The van der Waals surface area contributed by atoms with Crippen LogP contribution in [0, 0.1) is 0 Å². The van der Waals surface area contributed by atoms with E-state index in [9.17, 15) is 35.9 Å². The normalized spacial score (nSPS) is 13.6. The number of nitrogens with two attached hydrogens (primary N) is 1. The van der Waals surface area contributed by atoms with Crippen LogP contribution in [0.1, 0.15) is 69.8 Å². The van der Waals surface area contributed by atoms with Gasteiger partial charge in [0.25, 0.3) is 0 Å². The Morgan fingerprint density at radius 3 is 1.90 bits per heavy atom. The van der Waals surface area contributed by atoms with E-state index in [1.165, 1.54) is 36.4 Å². The van der Waals surface area contributed by atoms with Gasteiger partial charge in [0, 0.05) is 40.1 Å². The molecule has 2 aromatic carbocycles. The molecule has 2 aromatic rings. The lowest BCUT2D eigenvalue weighted by Gasteiger charge is -2.19. The van der Waals surface area contributed by atoms with Crippen molar-refractivity contribution in [3.8, 4) is 11.1 Å². The minimum atomic E-state index is -4.70. The Kier molecular flexibility index (Phi) is 13.0. The molecule has 214 valence electrons. The molecule has 0 atom stereocenters. The van der Waals surface area contributed by atoms with Crippen molar-refractivity contribution in [1.82, 2.24) is 0 Å². The molecule has 1 aliphatic rings. The van der Waals surface area contributed by atoms with Gasteiger partial charge in [0.1, 0.15) is 0 Å². The van der Waals surface area contributed by atoms with Crippen LogP contribution in [0.2, 0.25) is 0 Å². The van der Waals surface area contributed by atoms with Crippen LogP contribution in [0.3, 0.4) is 0 Å². The summed E-state index contributed by atoms with van der Waals surface area (Å²) in [6, 6.07) is 9.25. The summed E-state index contributed by atoms with van der Waals surface area (Å²) in [4.78, 5) is 26.0. The number of thioether (sulfide) groups is 1. The van der Waals surface area contributed by atoms with E-state index < -0.39 is 53.6 Å². The predicted molar refractivity (Wildman–Crippen MR) is 145 cm³/mol. The van der Waals surface area contributed by atoms with Crippen molar-refractivity contribution in [2.24, 2.45) is 5.73 Å². The van der Waals surface area contributed by atoms with Crippen molar-refractivity contribution in [2.75, 3.05) is 5.75 Å². The van der Waals surface area contributed by atoms with Gasteiger partial charge in [-0.2, -0.15) is 26.3 Å². The predicted octanol–water partition coefficient (Wildman–Crippen LogP) is 9.17. The molecule has 39 heavy (non-hydrogen) atoms. The van der Waals surface area contributed by atoms with Crippen LogP contribution < -0.4 is 5.73 Å². The second-order valence-corrected chi connectivity index (χ2v) is 9.53. The van der Waals surface area contributed by atoms with E-state index in [1.54, 1.807) is 12.1 Å². The molecule has 0 saturated heterocycles. The fourth-order valence-electron chi connectivity index (χ4n) is 3.47. The van der Waals surface area contributed by atoms with Crippen LogP contribution in [0.25, 0.3) is 11.1 Å². The second kappa shape index (κ2) is 15.0. The zero-order chi connectivity index (χ0) is 30.0. The Morgan fingerprint density at radius 2 is 1.44 bits per heavy atom. The van der Waals surface area contributed by atoms with Crippen LogP contribution in [-0.4, -0.2) is 23.5 Å². The molecule has 0 saturated carbocycles. The van der Waals surface area contributed by atoms with Crippen LogP contribution in [0.4, 0.5) is 26.3 Å². The van der Waals surface area contributed by atoms with Gasteiger partial charge < -0.3 is 5.73 Å². The standard InChI is InChI=1S/C24H19F6NO2S.C3H8.C2H6/c1-2-34-22-8-5-14(13-3-6-15(7-4-13)23(25,26)27)9-18(22)21(33)12-17-19(31)10-16(11-20(17)32)24(28,29)30;1-3-2;1-2/h3-10H,2,11-12,31H2,1H3;3H2,1-2H3;1-2H3. The van der Waals surface area contributed by atoms with E-state index in [2.05, 4.69) is 13.8 Å². The molecule has 0 heterocycles. The third-order valence-corrected chi connectivity index (χ3v) is 6.15. The number of carbonyl (C=O) groups is 2. The molecule has 3 rings (SSSR count). The number of hydrogen-bond donors (Lipinski definition) is 1. The summed E-state index contributed by atoms with van der Waals surface area (Å²) < 4.78 is 77.4. The van der Waals surface area contributed by atoms with Gasteiger partial charge in [0.05, 0.1) is 5.56 Å². The van der Waals surface area contributed by atoms with Crippen LogP contribution in [-0.2, 0) is 11.0 Å².